The normalized spacial score (nSPS) is 15.4. The first-order chi connectivity index (χ1) is 9.06. The van der Waals surface area contributed by atoms with Crippen LogP contribution in [0.5, 0.6) is 0 Å². The average molecular weight is 282 g/mol. The molecule has 0 aromatic heterocycles. The molecular weight excluding hydrogens is 266 g/mol. The zero-order valence-electron chi connectivity index (χ0n) is 10.5. The third-order valence-corrected chi connectivity index (χ3v) is 3.34. The number of piperidine rings is 1. The Balaban J connectivity index is 1.95. The second-order valence-electron chi connectivity index (χ2n) is 4.56. The Morgan fingerprint density at radius 1 is 1.42 bits per heavy atom. The molecule has 1 aliphatic rings. The smallest absolute Gasteiger partial charge is 0.244 e. The fourth-order valence-corrected chi connectivity index (χ4v) is 2.26. The predicted molar refractivity (Wildman–Crippen MR) is 74.9 cm³/mol. The van der Waals surface area contributed by atoms with Gasteiger partial charge in [-0.2, -0.15) is 0 Å². The molecule has 1 aromatic carbocycles. The van der Waals surface area contributed by atoms with Crippen LogP contribution in [0.1, 0.15) is 19.3 Å². The molecule has 0 radical (unpaired) electrons. The summed E-state index contributed by atoms with van der Waals surface area (Å²) in [5, 5.41) is 3.07. The largest absolute Gasteiger partial charge is 0.399 e. The molecule has 6 heteroatoms. The summed E-state index contributed by atoms with van der Waals surface area (Å²) in [6.45, 7) is 0.710. The van der Waals surface area contributed by atoms with E-state index in [-0.39, 0.29) is 18.4 Å². The summed E-state index contributed by atoms with van der Waals surface area (Å²) < 4.78 is 0. The first-order valence-corrected chi connectivity index (χ1v) is 6.57. The molecule has 0 atom stereocenters. The number of nitrogens with zero attached hydrogens (tertiary/aromatic N) is 1. The van der Waals surface area contributed by atoms with Gasteiger partial charge in [0.15, 0.2) is 0 Å². The van der Waals surface area contributed by atoms with Gasteiger partial charge in [0.05, 0.1) is 17.3 Å². The first-order valence-electron chi connectivity index (χ1n) is 6.19. The molecule has 0 saturated carbocycles. The molecule has 19 heavy (non-hydrogen) atoms. The summed E-state index contributed by atoms with van der Waals surface area (Å²) in [7, 11) is 0. The Morgan fingerprint density at radius 3 is 2.89 bits per heavy atom. The van der Waals surface area contributed by atoms with Crippen LogP contribution in [-0.2, 0) is 9.59 Å². The number of nitrogens with one attached hydrogen (secondary N) is 1. The predicted octanol–water partition coefficient (Wildman–Crippen LogP) is 1.87. The van der Waals surface area contributed by atoms with Crippen LogP contribution < -0.4 is 11.1 Å². The van der Waals surface area contributed by atoms with Crippen LogP contribution in [0.3, 0.4) is 0 Å². The maximum atomic E-state index is 11.9. The van der Waals surface area contributed by atoms with Crippen LogP contribution in [0.4, 0.5) is 11.4 Å². The van der Waals surface area contributed by atoms with Crippen molar-refractivity contribution in [3.05, 3.63) is 23.2 Å². The van der Waals surface area contributed by atoms with E-state index in [0.717, 1.165) is 12.8 Å². The number of carbonyl (C=O) groups is 2. The highest BCUT2D eigenvalue weighted by molar-refractivity contribution is 6.34. The molecule has 2 amide bonds. The number of amides is 2. The van der Waals surface area contributed by atoms with Gasteiger partial charge < -0.3 is 16.0 Å². The first kappa shape index (κ1) is 13.7. The number of hydrogen-bond acceptors (Lipinski definition) is 3. The quantitative estimate of drug-likeness (QED) is 0.831. The molecule has 102 valence electrons. The highest BCUT2D eigenvalue weighted by atomic mass is 35.5. The third-order valence-electron chi connectivity index (χ3n) is 3.02. The van der Waals surface area contributed by atoms with E-state index >= 15 is 0 Å². The van der Waals surface area contributed by atoms with Gasteiger partial charge in [0, 0.05) is 18.7 Å². The molecule has 1 aromatic rings. The average Bonchev–Trinajstić information content (AvgIpc) is 2.36. The lowest BCUT2D eigenvalue weighted by Gasteiger charge is -2.26. The summed E-state index contributed by atoms with van der Waals surface area (Å²) in [6.07, 6.45) is 2.37. The molecule has 1 heterocycles. The topological polar surface area (TPSA) is 75.4 Å². The van der Waals surface area contributed by atoms with Gasteiger partial charge in [-0.15, -0.1) is 0 Å². The monoisotopic (exact) mass is 281 g/mol. The summed E-state index contributed by atoms with van der Waals surface area (Å²) in [6, 6.07) is 4.88. The minimum absolute atomic E-state index is 0.0322. The van der Waals surface area contributed by atoms with Gasteiger partial charge in [-0.1, -0.05) is 11.6 Å². The van der Waals surface area contributed by atoms with Crippen molar-refractivity contribution in [2.75, 3.05) is 24.1 Å². The highest BCUT2D eigenvalue weighted by Crippen LogP contribution is 2.24. The molecule has 0 unspecified atom stereocenters. The second kappa shape index (κ2) is 5.93. The molecule has 1 saturated heterocycles. The van der Waals surface area contributed by atoms with Gasteiger partial charge in [0.25, 0.3) is 0 Å². The Kier molecular flexibility index (Phi) is 4.27. The number of anilines is 2. The van der Waals surface area contributed by atoms with Gasteiger partial charge >= 0.3 is 0 Å². The minimum atomic E-state index is -0.248. The van der Waals surface area contributed by atoms with E-state index in [9.17, 15) is 9.59 Å². The van der Waals surface area contributed by atoms with Crippen LogP contribution in [0.15, 0.2) is 18.2 Å². The van der Waals surface area contributed by atoms with Crippen LogP contribution >= 0.6 is 11.6 Å². The van der Waals surface area contributed by atoms with Gasteiger partial charge in [0.2, 0.25) is 11.8 Å². The summed E-state index contributed by atoms with van der Waals surface area (Å²) in [5.74, 6) is -0.216. The fourth-order valence-electron chi connectivity index (χ4n) is 2.02. The molecule has 5 nitrogen and oxygen atoms in total. The van der Waals surface area contributed by atoms with Crippen LogP contribution in [0, 0.1) is 0 Å². The molecule has 0 bridgehead atoms. The van der Waals surface area contributed by atoms with E-state index in [0.29, 0.717) is 29.4 Å². The van der Waals surface area contributed by atoms with Crippen molar-refractivity contribution in [3.63, 3.8) is 0 Å². The minimum Gasteiger partial charge on any atom is -0.399 e. The maximum Gasteiger partial charge on any atom is 0.244 e. The van der Waals surface area contributed by atoms with Gasteiger partial charge in [-0.05, 0) is 31.0 Å². The number of likely N-dealkylation sites (tertiary alicyclic amines) is 1. The Hall–Kier alpha value is -1.75. The highest BCUT2D eigenvalue weighted by Gasteiger charge is 2.20. The molecule has 2 rings (SSSR count). The van der Waals surface area contributed by atoms with E-state index in [4.69, 9.17) is 17.3 Å². The number of hydrogen-bond donors (Lipinski definition) is 2. The molecule has 1 fully saturated rings. The van der Waals surface area contributed by atoms with Crippen molar-refractivity contribution in [3.8, 4) is 0 Å². The van der Waals surface area contributed by atoms with E-state index in [1.165, 1.54) is 0 Å². The Bertz CT molecular complexity index is 505. The summed E-state index contributed by atoms with van der Waals surface area (Å²) in [5.41, 5.74) is 6.62. The lowest BCUT2D eigenvalue weighted by molar-refractivity contribution is -0.136. The lowest BCUT2D eigenvalue weighted by atomic mass is 10.1. The van der Waals surface area contributed by atoms with Crippen molar-refractivity contribution in [2.45, 2.75) is 19.3 Å². The van der Waals surface area contributed by atoms with Gasteiger partial charge in [0.1, 0.15) is 0 Å². The van der Waals surface area contributed by atoms with E-state index in [2.05, 4.69) is 5.32 Å². The van der Waals surface area contributed by atoms with Crippen LogP contribution in [0.2, 0.25) is 5.02 Å². The van der Waals surface area contributed by atoms with Crippen molar-refractivity contribution in [2.24, 2.45) is 0 Å². The number of halogens is 1. The van der Waals surface area contributed by atoms with E-state index < -0.39 is 0 Å². The van der Waals surface area contributed by atoms with Crippen molar-refractivity contribution in [1.82, 2.24) is 4.90 Å². The number of nitrogen functional groups attached to an aromatic ring is 1. The molecular formula is C13H16ClN3O2. The standard InChI is InChI=1S/C13H16ClN3O2/c14-10-7-9(15)4-5-11(10)16-12(18)8-17-6-2-1-3-13(17)19/h4-5,7H,1-3,6,8,15H2,(H,16,18). The zero-order chi connectivity index (χ0) is 13.8. The number of carbonyl (C=O) groups excluding carboxylic acids is 2. The Labute approximate surface area is 116 Å². The van der Waals surface area contributed by atoms with Gasteiger partial charge in [-0.3, -0.25) is 9.59 Å². The maximum absolute atomic E-state index is 11.9. The lowest BCUT2D eigenvalue weighted by Crippen LogP contribution is -2.40. The number of rotatable bonds is 3. The Morgan fingerprint density at radius 2 is 2.21 bits per heavy atom. The van der Waals surface area contributed by atoms with Crippen molar-refractivity contribution >= 4 is 34.8 Å². The fraction of sp³-hybridized carbons (Fsp3) is 0.385. The molecule has 0 spiro atoms. The van der Waals surface area contributed by atoms with Gasteiger partial charge in [-0.25, -0.2) is 0 Å². The summed E-state index contributed by atoms with van der Waals surface area (Å²) in [4.78, 5) is 25.0. The van der Waals surface area contributed by atoms with E-state index in [1.807, 2.05) is 0 Å². The summed E-state index contributed by atoms with van der Waals surface area (Å²) >= 11 is 5.97. The molecule has 3 N–H and O–H groups in total. The zero-order valence-corrected chi connectivity index (χ0v) is 11.2. The second-order valence-corrected chi connectivity index (χ2v) is 4.97. The van der Waals surface area contributed by atoms with Crippen LogP contribution in [0.25, 0.3) is 0 Å². The molecule has 0 aliphatic carbocycles. The van der Waals surface area contributed by atoms with Crippen LogP contribution in [-0.4, -0.2) is 29.8 Å². The van der Waals surface area contributed by atoms with E-state index in [1.54, 1.807) is 23.1 Å². The molecule has 1 aliphatic heterocycles. The number of benzene rings is 1. The third kappa shape index (κ3) is 3.61. The number of nitrogens with two attached hydrogens (primary N) is 1. The SMILES string of the molecule is Nc1ccc(NC(=O)CN2CCCCC2=O)c(Cl)c1. The van der Waals surface area contributed by atoms with Crippen molar-refractivity contribution < 1.29 is 9.59 Å². The van der Waals surface area contributed by atoms with Crippen molar-refractivity contribution in [1.29, 1.82) is 0 Å².